The van der Waals surface area contributed by atoms with E-state index in [1.165, 1.54) is 4.68 Å². The summed E-state index contributed by atoms with van der Waals surface area (Å²) < 4.78 is 2.66. The molecule has 1 heterocycles. The number of anilines is 1. The first-order valence-corrected chi connectivity index (χ1v) is 7.26. The van der Waals surface area contributed by atoms with E-state index in [4.69, 9.17) is 5.73 Å². The molecule has 0 saturated carbocycles. The van der Waals surface area contributed by atoms with E-state index in [0.29, 0.717) is 26.8 Å². The van der Waals surface area contributed by atoms with E-state index in [2.05, 4.69) is 42.2 Å². The summed E-state index contributed by atoms with van der Waals surface area (Å²) in [4.78, 5) is 12.6. The van der Waals surface area contributed by atoms with Gasteiger partial charge in [0.15, 0.2) is 0 Å². The van der Waals surface area contributed by atoms with Gasteiger partial charge >= 0.3 is 0 Å². The fourth-order valence-electron chi connectivity index (χ4n) is 1.89. The Bertz CT molecular complexity index is 828. The van der Waals surface area contributed by atoms with E-state index in [1.807, 2.05) is 12.1 Å². The summed E-state index contributed by atoms with van der Waals surface area (Å²) in [6.07, 6.45) is 0. The van der Waals surface area contributed by atoms with Crippen LogP contribution in [0.1, 0.15) is 10.4 Å². The third-order valence-corrected chi connectivity index (χ3v) is 3.98. The van der Waals surface area contributed by atoms with Crippen LogP contribution in [0.5, 0.6) is 0 Å². The minimum atomic E-state index is -0.321. The summed E-state index contributed by atoms with van der Waals surface area (Å²) >= 11 is 6.67. The quantitative estimate of drug-likeness (QED) is 0.642. The lowest BCUT2D eigenvalue weighted by Gasteiger charge is -2.07. The Labute approximate surface area is 131 Å². The summed E-state index contributed by atoms with van der Waals surface area (Å²) in [5.41, 5.74) is 8.00. The van der Waals surface area contributed by atoms with Crippen LogP contribution in [0.4, 0.5) is 5.69 Å². The molecular formula is C13H8Br2N4O. The standard InChI is InChI=1S/C13H8Br2N4O/c14-7-5-8(12(16)9(15)6-7)13(20)19-11-4-2-1-3-10(11)17-18-19/h1-6H,16H2. The van der Waals surface area contributed by atoms with Crippen molar-refractivity contribution in [1.82, 2.24) is 15.0 Å². The van der Waals surface area contributed by atoms with Gasteiger partial charge in [-0.05, 0) is 40.2 Å². The van der Waals surface area contributed by atoms with Crippen LogP contribution >= 0.6 is 31.9 Å². The number of aromatic nitrogens is 3. The Hall–Kier alpha value is -1.73. The highest BCUT2D eigenvalue weighted by Crippen LogP contribution is 2.29. The monoisotopic (exact) mass is 394 g/mol. The van der Waals surface area contributed by atoms with Crippen molar-refractivity contribution >= 4 is 54.5 Å². The van der Waals surface area contributed by atoms with Crippen molar-refractivity contribution in [3.63, 3.8) is 0 Å². The number of nitrogen functional groups attached to an aromatic ring is 1. The predicted molar refractivity (Wildman–Crippen MR) is 83.5 cm³/mol. The Kier molecular flexibility index (Phi) is 3.31. The first kappa shape index (κ1) is 13.3. The zero-order valence-corrected chi connectivity index (χ0v) is 13.2. The van der Waals surface area contributed by atoms with Gasteiger partial charge in [0.05, 0.1) is 16.8 Å². The van der Waals surface area contributed by atoms with Crippen LogP contribution in [-0.2, 0) is 0 Å². The Balaban J connectivity index is 2.18. The van der Waals surface area contributed by atoms with Gasteiger partial charge in [0.2, 0.25) is 0 Å². The van der Waals surface area contributed by atoms with Crippen LogP contribution in [0.15, 0.2) is 45.3 Å². The maximum Gasteiger partial charge on any atom is 0.282 e. The third kappa shape index (κ3) is 2.12. The number of halogens is 2. The number of hydrogen-bond acceptors (Lipinski definition) is 4. The van der Waals surface area contributed by atoms with Gasteiger partial charge in [-0.1, -0.05) is 33.3 Å². The van der Waals surface area contributed by atoms with E-state index < -0.39 is 0 Å². The molecule has 0 saturated heterocycles. The Morgan fingerprint density at radius 2 is 1.95 bits per heavy atom. The summed E-state index contributed by atoms with van der Waals surface area (Å²) in [5, 5.41) is 7.87. The number of benzene rings is 2. The van der Waals surface area contributed by atoms with Crippen LogP contribution in [0.25, 0.3) is 11.0 Å². The Morgan fingerprint density at radius 1 is 1.20 bits per heavy atom. The van der Waals surface area contributed by atoms with E-state index in [0.717, 1.165) is 4.47 Å². The summed E-state index contributed by atoms with van der Waals surface area (Å²) in [6.45, 7) is 0. The van der Waals surface area contributed by atoms with Crippen molar-refractivity contribution in [3.05, 3.63) is 50.9 Å². The molecule has 1 aromatic heterocycles. The van der Waals surface area contributed by atoms with Crippen LogP contribution < -0.4 is 5.73 Å². The smallest absolute Gasteiger partial charge is 0.282 e. The number of carbonyl (C=O) groups is 1. The number of hydrogen-bond donors (Lipinski definition) is 1. The lowest BCUT2D eigenvalue weighted by molar-refractivity contribution is 0.0949. The largest absolute Gasteiger partial charge is 0.397 e. The molecular weight excluding hydrogens is 388 g/mol. The van der Waals surface area contributed by atoms with E-state index >= 15 is 0 Å². The zero-order chi connectivity index (χ0) is 14.3. The van der Waals surface area contributed by atoms with Gasteiger partial charge < -0.3 is 5.73 Å². The maximum atomic E-state index is 12.6. The van der Waals surface area contributed by atoms with Crippen LogP contribution in [-0.4, -0.2) is 20.9 Å². The molecule has 3 rings (SSSR count). The van der Waals surface area contributed by atoms with Crippen molar-refractivity contribution in [2.24, 2.45) is 0 Å². The highest BCUT2D eigenvalue weighted by molar-refractivity contribution is 9.11. The minimum Gasteiger partial charge on any atom is -0.397 e. The molecule has 7 heteroatoms. The van der Waals surface area contributed by atoms with E-state index in [1.54, 1.807) is 24.3 Å². The molecule has 0 aliphatic heterocycles. The number of fused-ring (bicyclic) bond motifs is 1. The van der Waals surface area contributed by atoms with Gasteiger partial charge in [-0.2, -0.15) is 4.68 Å². The molecule has 0 amide bonds. The molecule has 100 valence electrons. The van der Waals surface area contributed by atoms with Gasteiger partial charge in [0, 0.05) is 8.95 Å². The number of rotatable bonds is 1. The van der Waals surface area contributed by atoms with Crippen LogP contribution in [0.2, 0.25) is 0 Å². The average Bonchev–Trinajstić information content (AvgIpc) is 2.86. The lowest BCUT2D eigenvalue weighted by Crippen LogP contribution is -2.16. The second-order valence-corrected chi connectivity index (χ2v) is 5.91. The first-order chi connectivity index (χ1) is 9.58. The minimum absolute atomic E-state index is 0.321. The molecule has 0 fully saturated rings. The van der Waals surface area contributed by atoms with Gasteiger partial charge in [0.25, 0.3) is 5.91 Å². The molecule has 0 bridgehead atoms. The number of carbonyl (C=O) groups excluding carboxylic acids is 1. The maximum absolute atomic E-state index is 12.6. The van der Waals surface area contributed by atoms with Crippen molar-refractivity contribution in [1.29, 1.82) is 0 Å². The summed E-state index contributed by atoms with van der Waals surface area (Å²) in [7, 11) is 0. The average molecular weight is 396 g/mol. The fourth-order valence-corrected chi connectivity index (χ4v) is 3.12. The van der Waals surface area contributed by atoms with E-state index in [-0.39, 0.29) is 5.91 Å². The molecule has 0 aliphatic carbocycles. The normalized spacial score (nSPS) is 10.9. The highest BCUT2D eigenvalue weighted by atomic mass is 79.9. The van der Waals surface area contributed by atoms with Crippen molar-refractivity contribution in [2.45, 2.75) is 0 Å². The molecule has 3 aromatic rings. The van der Waals surface area contributed by atoms with Crippen molar-refractivity contribution < 1.29 is 4.79 Å². The summed E-state index contributed by atoms with van der Waals surface area (Å²) in [5.74, 6) is -0.321. The second-order valence-electron chi connectivity index (χ2n) is 4.14. The number of nitrogens with zero attached hydrogens (tertiary/aromatic N) is 3. The molecule has 0 radical (unpaired) electrons. The SMILES string of the molecule is Nc1c(Br)cc(Br)cc1C(=O)n1nnc2ccccc21. The topological polar surface area (TPSA) is 73.8 Å². The molecule has 2 N–H and O–H groups in total. The third-order valence-electron chi connectivity index (χ3n) is 2.87. The van der Waals surface area contributed by atoms with Crippen LogP contribution in [0.3, 0.4) is 0 Å². The second kappa shape index (κ2) is 4.99. The molecule has 0 unspecified atom stereocenters. The fraction of sp³-hybridized carbons (Fsp3) is 0. The number of para-hydroxylation sites is 1. The lowest BCUT2D eigenvalue weighted by atomic mass is 10.1. The first-order valence-electron chi connectivity index (χ1n) is 5.67. The molecule has 0 spiro atoms. The highest BCUT2D eigenvalue weighted by Gasteiger charge is 2.18. The molecule has 2 aromatic carbocycles. The number of nitrogens with two attached hydrogens (primary N) is 1. The van der Waals surface area contributed by atoms with Crippen molar-refractivity contribution in [2.75, 3.05) is 5.73 Å². The van der Waals surface area contributed by atoms with Gasteiger partial charge in [-0.3, -0.25) is 4.79 Å². The predicted octanol–water partition coefficient (Wildman–Crippen LogP) is 3.23. The summed E-state index contributed by atoms with van der Waals surface area (Å²) in [6, 6.07) is 10.7. The van der Waals surface area contributed by atoms with E-state index in [9.17, 15) is 4.79 Å². The zero-order valence-electron chi connectivity index (χ0n) is 10.0. The van der Waals surface area contributed by atoms with Gasteiger partial charge in [-0.15, -0.1) is 5.10 Å². The Morgan fingerprint density at radius 3 is 2.75 bits per heavy atom. The van der Waals surface area contributed by atoms with Crippen LogP contribution in [0, 0.1) is 0 Å². The molecule has 0 atom stereocenters. The van der Waals surface area contributed by atoms with Gasteiger partial charge in [0.1, 0.15) is 5.52 Å². The molecule has 20 heavy (non-hydrogen) atoms. The molecule has 5 nitrogen and oxygen atoms in total. The van der Waals surface area contributed by atoms with Gasteiger partial charge in [-0.25, -0.2) is 0 Å². The van der Waals surface area contributed by atoms with Crippen molar-refractivity contribution in [3.8, 4) is 0 Å². The molecule has 0 aliphatic rings.